The van der Waals surface area contributed by atoms with E-state index in [0.717, 1.165) is 16.8 Å². The third-order valence-electron chi connectivity index (χ3n) is 5.70. The molecule has 3 aromatic rings. The molecular formula is C26H20ClFN4O2S. The van der Waals surface area contributed by atoms with Crippen molar-refractivity contribution in [2.75, 3.05) is 5.32 Å². The molecule has 6 nitrogen and oxygen atoms in total. The van der Waals surface area contributed by atoms with Crippen molar-refractivity contribution in [3.63, 3.8) is 0 Å². The number of carbonyl (C=O) groups excluding carboxylic acids is 2. The summed E-state index contributed by atoms with van der Waals surface area (Å²) in [5.74, 6) is -0.967. The second-order valence-corrected chi connectivity index (χ2v) is 9.73. The number of nitrogens with zero attached hydrogens (tertiary/aromatic N) is 3. The molecule has 2 aliphatic rings. The number of amides is 2. The first-order valence-electron chi connectivity index (χ1n) is 11.0. The lowest BCUT2D eigenvalue weighted by molar-refractivity contribution is -0.121. The molecule has 0 aromatic heterocycles. The fraction of sp³-hybridized carbons (Fsp3) is 0.154. The van der Waals surface area contributed by atoms with Gasteiger partial charge >= 0.3 is 0 Å². The number of hydrogen-bond donors (Lipinski definition) is 1. The number of carbonyl (C=O) groups is 2. The Morgan fingerprint density at radius 1 is 1.06 bits per heavy atom. The zero-order valence-electron chi connectivity index (χ0n) is 18.4. The number of hydrogen-bond acceptors (Lipinski definition) is 5. The summed E-state index contributed by atoms with van der Waals surface area (Å²) in [7, 11) is 0. The average Bonchev–Trinajstić information content (AvgIpc) is 3.45. The Balaban J connectivity index is 1.36. The highest BCUT2D eigenvalue weighted by molar-refractivity contribution is 8.15. The second kappa shape index (κ2) is 10.0. The van der Waals surface area contributed by atoms with E-state index in [4.69, 9.17) is 16.7 Å². The number of halogens is 2. The lowest BCUT2D eigenvalue weighted by Gasteiger charge is -2.23. The maximum atomic E-state index is 13.6. The Morgan fingerprint density at radius 3 is 2.49 bits per heavy atom. The summed E-state index contributed by atoms with van der Waals surface area (Å²) in [5, 5.41) is 9.68. The van der Waals surface area contributed by atoms with Gasteiger partial charge in [0.15, 0.2) is 5.17 Å². The van der Waals surface area contributed by atoms with Crippen LogP contribution in [0.5, 0.6) is 0 Å². The van der Waals surface area contributed by atoms with Crippen molar-refractivity contribution in [3.8, 4) is 0 Å². The van der Waals surface area contributed by atoms with Crippen molar-refractivity contribution in [2.24, 2.45) is 10.1 Å². The van der Waals surface area contributed by atoms with Gasteiger partial charge in [-0.25, -0.2) is 9.40 Å². The first-order chi connectivity index (χ1) is 17.0. The van der Waals surface area contributed by atoms with Crippen molar-refractivity contribution in [1.82, 2.24) is 5.01 Å². The van der Waals surface area contributed by atoms with Crippen LogP contribution in [0.25, 0.3) is 0 Å². The summed E-state index contributed by atoms with van der Waals surface area (Å²) in [4.78, 5) is 29.4. The fourth-order valence-corrected chi connectivity index (χ4v) is 5.14. The summed E-state index contributed by atoms with van der Waals surface area (Å²) in [5.41, 5.74) is 3.22. The van der Waals surface area contributed by atoms with E-state index in [2.05, 4.69) is 10.3 Å². The number of thioether (sulfide) groups is 1. The van der Waals surface area contributed by atoms with Gasteiger partial charge in [-0.15, -0.1) is 0 Å². The quantitative estimate of drug-likeness (QED) is 0.484. The molecule has 2 amide bonds. The van der Waals surface area contributed by atoms with Crippen LogP contribution in [0.1, 0.15) is 30.0 Å². The number of benzene rings is 3. The van der Waals surface area contributed by atoms with Crippen LogP contribution in [0.3, 0.4) is 0 Å². The molecule has 0 saturated carbocycles. The molecule has 9 heteroatoms. The van der Waals surface area contributed by atoms with Crippen LogP contribution in [-0.4, -0.2) is 33.0 Å². The van der Waals surface area contributed by atoms with Crippen molar-refractivity contribution in [1.29, 1.82) is 0 Å². The second-order valence-electron chi connectivity index (χ2n) is 8.13. The summed E-state index contributed by atoms with van der Waals surface area (Å²) in [6.07, 6.45) is 0.536. The Labute approximate surface area is 210 Å². The zero-order chi connectivity index (χ0) is 24.4. The molecule has 5 rings (SSSR count). The topological polar surface area (TPSA) is 74.1 Å². The summed E-state index contributed by atoms with van der Waals surface area (Å²) in [6.45, 7) is 0. The molecule has 35 heavy (non-hydrogen) atoms. The molecule has 0 spiro atoms. The Morgan fingerprint density at radius 2 is 1.77 bits per heavy atom. The average molecular weight is 507 g/mol. The van der Waals surface area contributed by atoms with E-state index in [9.17, 15) is 14.0 Å². The highest BCUT2D eigenvalue weighted by Gasteiger charge is 2.39. The standard InChI is InChI=1S/C26H20ClFN4O2S/c27-18-10-6-16(7-11-18)21-14-22(17-8-12-19(28)13-9-17)32(31-21)26-30-25(34)23(35-26)15-24(33)29-20-4-2-1-3-5-20/h1-13,22-23H,14-15H2,(H,29,33)/t22-,23+/m0/s1. The summed E-state index contributed by atoms with van der Waals surface area (Å²) >= 11 is 7.26. The summed E-state index contributed by atoms with van der Waals surface area (Å²) < 4.78 is 13.6. The van der Waals surface area contributed by atoms with Gasteiger partial charge in [-0.05, 0) is 47.5 Å². The number of para-hydroxylation sites is 1. The maximum absolute atomic E-state index is 13.6. The molecule has 0 aliphatic carbocycles. The molecule has 2 heterocycles. The number of nitrogens with one attached hydrogen (secondary N) is 1. The minimum atomic E-state index is -0.641. The van der Waals surface area contributed by atoms with E-state index in [1.807, 2.05) is 30.3 Å². The molecule has 3 aromatic carbocycles. The van der Waals surface area contributed by atoms with E-state index in [0.29, 0.717) is 22.3 Å². The minimum Gasteiger partial charge on any atom is -0.326 e. The van der Waals surface area contributed by atoms with Crippen LogP contribution in [0.15, 0.2) is 89.0 Å². The number of aliphatic imine (C=N–C) groups is 1. The van der Waals surface area contributed by atoms with Crippen LogP contribution in [0.2, 0.25) is 5.02 Å². The largest absolute Gasteiger partial charge is 0.326 e. The molecule has 1 N–H and O–H groups in total. The predicted molar refractivity (Wildman–Crippen MR) is 137 cm³/mol. The van der Waals surface area contributed by atoms with Gasteiger partial charge in [0.1, 0.15) is 11.1 Å². The van der Waals surface area contributed by atoms with E-state index >= 15 is 0 Å². The smallest absolute Gasteiger partial charge is 0.262 e. The fourth-order valence-electron chi connectivity index (χ4n) is 3.95. The van der Waals surface area contributed by atoms with Crippen LogP contribution in [0, 0.1) is 5.82 Å². The normalized spacial score (nSPS) is 19.5. The van der Waals surface area contributed by atoms with Gasteiger partial charge in [0.25, 0.3) is 5.91 Å². The number of amidine groups is 1. The Bertz CT molecular complexity index is 1310. The van der Waals surface area contributed by atoms with Gasteiger partial charge < -0.3 is 5.32 Å². The molecular weight excluding hydrogens is 487 g/mol. The SMILES string of the molecule is O=C(C[C@H]1SC(N2N=C(c3ccc(Cl)cc3)C[C@H]2c2ccc(F)cc2)=NC1=O)Nc1ccccc1. The molecule has 0 bridgehead atoms. The molecule has 2 aliphatic heterocycles. The van der Waals surface area contributed by atoms with Gasteiger partial charge in [0, 0.05) is 23.6 Å². The monoisotopic (exact) mass is 506 g/mol. The molecule has 0 unspecified atom stereocenters. The third kappa shape index (κ3) is 5.28. The zero-order valence-corrected chi connectivity index (χ0v) is 20.0. The van der Waals surface area contributed by atoms with Gasteiger partial charge in [-0.1, -0.05) is 65.8 Å². The maximum Gasteiger partial charge on any atom is 0.262 e. The molecule has 0 radical (unpaired) electrons. The van der Waals surface area contributed by atoms with Gasteiger partial charge in [0.05, 0.1) is 11.8 Å². The molecule has 0 fully saturated rings. The number of hydrazone groups is 1. The van der Waals surface area contributed by atoms with E-state index < -0.39 is 5.25 Å². The highest BCUT2D eigenvalue weighted by Crippen LogP contribution is 2.38. The van der Waals surface area contributed by atoms with Crippen molar-refractivity contribution in [3.05, 3.63) is 101 Å². The van der Waals surface area contributed by atoms with E-state index in [1.54, 1.807) is 41.4 Å². The highest BCUT2D eigenvalue weighted by atomic mass is 35.5. The van der Waals surface area contributed by atoms with Crippen molar-refractivity contribution in [2.45, 2.75) is 24.1 Å². The lowest BCUT2D eigenvalue weighted by Crippen LogP contribution is -2.25. The van der Waals surface area contributed by atoms with Crippen LogP contribution in [0.4, 0.5) is 10.1 Å². The first-order valence-corrected chi connectivity index (χ1v) is 12.2. The van der Waals surface area contributed by atoms with E-state index in [1.165, 1.54) is 23.9 Å². The van der Waals surface area contributed by atoms with Crippen molar-refractivity contribution >= 4 is 51.7 Å². The molecule has 176 valence electrons. The van der Waals surface area contributed by atoms with Gasteiger partial charge in [0.2, 0.25) is 5.91 Å². The number of rotatable bonds is 5. The van der Waals surface area contributed by atoms with E-state index in [-0.39, 0.29) is 30.1 Å². The van der Waals surface area contributed by atoms with Crippen molar-refractivity contribution < 1.29 is 14.0 Å². The van der Waals surface area contributed by atoms with Crippen LogP contribution in [-0.2, 0) is 9.59 Å². The first kappa shape index (κ1) is 23.3. The Hall–Kier alpha value is -3.49. The number of anilines is 1. The Kier molecular flexibility index (Phi) is 6.66. The molecule has 2 atom stereocenters. The van der Waals surface area contributed by atoms with Crippen LogP contribution >= 0.6 is 23.4 Å². The summed E-state index contributed by atoms with van der Waals surface area (Å²) in [6, 6.07) is 22.4. The minimum absolute atomic E-state index is 0.00575. The lowest BCUT2D eigenvalue weighted by atomic mass is 9.98. The van der Waals surface area contributed by atoms with Crippen LogP contribution < -0.4 is 5.32 Å². The third-order valence-corrected chi connectivity index (χ3v) is 7.09. The van der Waals surface area contributed by atoms with Gasteiger partial charge in [-0.2, -0.15) is 10.1 Å². The van der Waals surface area contributed by atoms with Gasteiger partial charge in [-0.3, -0.25) is 9.59 Å². The predicted octanol–water partition coefficient (Wildman–Crippen LogP) is 5.66. The molecule has 0 saturated heterocycles.